The van der Waals surface area contributed by atoms with E-state index in [2.05, 4.69) is 21.1 Å². The predicted molar refractivity (Wildman–Crippen MR) is 67.2 cm³/mol. The third-order valence-electron chi connectivity index (χ3n) is 3.17. The Labute approximate surface area is 105 Å². The fourth-order valence-corrected chi connectivity index (χ4v) is 2.16. The molecule has 2 aromatic rings. The smallest absolute Gasteiger partial charge is 0.146 e. The lowest BCUT2D eigenvalue weighted by Gasteiger charge is -2.40. The summed E-state index contributed by atoms with van der Waals surface area (Å²) in [5.74, 6) is 0.778. The largest absolute Gasteiger partial charge is 0.351 e. The molecule has 0 unspecified atom stereocenters. The molecule has 0 spiro atoms. The summed E-state index contributed by atoms with van der Waals surface area (Å²) in [4.78, 5) is 6.39. The van der Waals surface area contributed by atoms with E-state index in [1.165, 1.54) is 5.56 Å². The zero-order chi connectivity index (χ0) is 12.5. The van der Waals surface area contributed by atoms with Crippen LogP contribution in [-0.4, -0.2) is 27.9 Å². The maximum atomic E-state index is 9.04. The van der Waals surface area contributed by atoms with Crippen molar-refractivity contribution in [1.29, 1.82) is 5.26 Å². The van der Waals surface area contributed by atoms with Crippen molar-refractivity contribution in [2.45, 2.75) is 13.0 Å². The third kappa shape index (κ3) is 1.72. The molecule has 0 saturated carbocycles. The Bertz CT molecular complexity index is 604. The first-order valence-electron chi connectivity index (χ1n) is 5.89. The highest BCUT2D eigenvalue weighted by Crippen LogP contribution is 2.27. The molecule has 0 bridgehead atoms. The van der Waals surface area contributed by atoms with Gasteiger partial charge >= 0.3 is 0 Å². The normalized spacial score (nSPS) is 15.2. The molecule has 2 aromatic heterocycles. The number of pyridine rings is 1. The Morgan fingerprint density at radius 2 is 2.28 bits per heavy atom. The van der Waals surface area contributed by atoms with Crippen LogP contribution in [0.25, 0.3) is 0 Å². The zero-order valence-corrected chi connectivity index (χ0v) is 10.1. The van der Waals surface area contributed by atoms with Gasteiger partial charge in [-0.1, -0.05) is 0 Å². The van der Waals surface area contributed by atoms with Gasteiger partial charge in [-0.05, 0) is 24.6 Å². The second-order valence-corrected chi connectivity index (χ2v) is 4.54. The summed E-state index contributed by atoms with van der Waals surface area (Å²) in [5.41, 5.74) is 1.80. The lowest BCUT2D eigenvalue weighted by Crippen LogP contribution is -2.48. The molecule has 1 aliphatic heterocycles. The molecule has 1 fully saturated rings. The molecule has 90 valence electrons. The maximum Gasteiger partial charge on any atom is 0.146 e. The van der Waals surface area contributed by atoms with Crippen LogP contribution in [0.3, 0.4) is 0 Å². The molecule has 0 aliphatic carbocycles. The van der Waals surface area contributed by atoms with Crippen LogP contribution in [0.2, 0.25) is 0 Å². The summed E-state index contributed by atoms with van der Waals surface area (Å²) in [6, 6.07) is 6.15. The van der Waals surface area contributed by atoms with E-state index in [1.54, 1.807) is 18.3 Å². The van der Waals surface area contributed by atoms with Crippen molar-refractivity contribution in [2.24, 2.45) is 0 Å². The van der Waals surface area contributed by atoms with E-state index in [0.29, 0.717) is 11.6 Å². The van der Waals surface area contributed by atoms with E-state index in [1.807, 2.05) is 24.0 Å². The first-order chi connectivity index (χ1) is 8.78. The van der Waals surface area contributed by atoms with E-state index in [-0.39, 0.29) is 0 Å². The Hall–Kier alpha value is -2.35. The second-order valence-electron chi connectivity index (χ2n) is 4.54. The topological polar surface area (TPSA) is 57.7 Å². The molecule has 3 heterocycles. The summed E-state index contributed by atoms with van der Waals surface area (Å²) in [6.45, 7) is 3.74. The first-order valence-corrected chi connectivity index (χ1v) is 5.89. The minimum absolute atomic E-state index is 0.382. The summed E-state index contributed by atoms with van der Waals surface area (Å²) in [6.07, 6.45) is 5.64. The van der Waals surface area contributed by atoms with Gasteiger partial charge in [0.25, 0.3) is 0 Å². The number of hydrogen-bond acceptors (Lipinski definition) is 4. The number of hydrogen-bond donors (Lipinski definition) is 0. The first kappa shape index (κ1) is 10.8. The fourth-order valence-electron chi connectivity index (χ4n) is 2.16. The van der Waals surface area contributed by atoms with Gasteiger partial charge < -0.3 is 4.90 Å². The van der Waals surface area contributed by atoms with Crippen LogP contribution in [-0.2, 0) is 0 Å². The predicted octanol–water partition coefficient (Wildman–Crippen LogP) is 1.52. The number of nitriles is 1. The van der Waals surface area contributed by atoms with Gasteiger partial charge in [-0.2, -0.15) is 10.4 Å². The van der Waals surface area contributed by atoms with Crippen molar-refractivity contribution in [3.63, 3.8) is 0 Å². The van der Waals surface area contributed by atoms with Crippen LogP contribution in [0.1, 0.15) is 17.2 Å². The summed E-state index contributed by atoms with van der Waals surface area (Å²) < 4.78 is 1.99. The highest BCUT2D eigenvalue weighted by Gasteiger charge is 2.30. The molecule has 1 saturated heterocycles. The van der Waals surface area contributed by atoms with Gasteiger partial charge in [-0.25, -0.2) is 4.98 Å². The number of aromatic nitrogens is 3. The molecule has 0 N–H and O–H groups in total. The molecular weight excluding hydrogens is 226 g/mol. The number of anilines is 1. The Kier molecular flexibility index (Phi) is 2.49. The fraction of sp³-hybridized carbons (Fsp3) is 0.308. The van der Waals surface area contributed by atoms with Gasteiger partial charge in [0.1, 0.15) is 11.9 Å². The van der Waals surface area contributed by atoms with Gasteiger partial charge in [0.05, 0.1) is 17.8 Å². The Morgan fingerprint density at radius 1 is 1.44 bits per heavy atom. The molecule has 0 radical (unpaired) electrons. The minimum atomic E-state index is 0.382. The lowest BCUT2D eigenvalue weighted by atomic mass is 10.1. The van der Waals surface area contributed by atoms with E-state index in [9.17, 15) is 0 Å². The summed E-state index contributed by atoms with van der Waals surface area (Å²) in [5, 5.41) is 13.4. The number of aryl methyl sites for hydroxylation is 1. The highest BCUT2D eigenvalue weighted by molar-refractivity contribution is 5.55. The molecule has 5 heteroatoms. The van der Waals surface area contributed by atoms with Crippen molar-refractivity contribution >= 4 is 5.82 Å². The molecule has 0 aromatic carbocycles. The number of nitrogens with zero attached hydrogens (tertiary/aromatic N) is 5. The lowest BCUT2D eigenvalue weighted by molar-refractivity contribution is 0.365. The van der Waals surface area contributed by atoms with Gasteiger partial charge in [0, 0.05) is 25.5 Å². The Balaban J connectivity index is 1.74. The van der Waals surface area contributed by atoms with Crippen LogP contribution >= 0.6 is 0 Å². The molecule has 5 nitrogen and oxygen atoms in total. The summed E-state index contributed by atoms with van der Waals surface area (Å²) in [7, 11) is 0. The van der Waals surface area contributed by atoms with Crippen LogP contribution in [0.4, 0.5) is 5.82 Å². The molecule has 18 heavy (non-hydrogen) atoms. The van der Waals surface area contributed by atoms with Crippen LogP contribution in [0.15, 0.2) is 30.7 Å². The molecule has 3 rings (SSSR count). The van der Waals surface area contributed by atoms with E-state index >= 15 is 0 Å². The highest BCUT2D eigenvalue weighted by atomic mass is 15.4. The van der Waals surface area contributed by atoms with Crippen LogP contribution in [0, 0.1) is 18.3 Å². The maximum absolute atomic E-state index is 9.04. The van der Waals surface area contributed by atoms with Gasteiger partial charge in [-0.15, -0.1) is 0 Å². The van der Waals surface area contributed by atoms with Gasteiger partial charge in [-0.3, -0.25) is 4.68 Å². The van der Waals surface area contributed by atoms with Crippen molar-refractivity contribution in [3.8, 4) is 6.07 Å². The minimum Gasteiger partial charge on any atom is -0.351 e. The monoisotopic (exact) mass is 239 g/mol. The van der Waals surface area contributed by atoms with Crippen molar-refractivity contribution in [1.82, 2.24) is 14.8 Å². The van der Waals surface area contributed by atoms with Crippen LogP contribution in [0.5, 0.6) is 0 Å². The van der Waals surface area contributed by atoms with Crippen molar-refractivity contribution < 1.29 is 0 Å². The second kappa shape index (κ2) is 4.15. The van der Waals surface area contributed by atoms with Gasteiger partial charge in [0.15, 0.2) is 0 Å². The average Bonchev–Trinajstić information content (AvgIpc) is 2.74. The van der Waals surface area contributed by atoms with Crippen molar-refractivity contribution in [2.75, 3.05) is 18.0 Å². The quantitative estimate of drug-likeness (QED) is 0.797. The molecular formula is C13H13N5. The van der Waals surface area contributed by atoms with Crippen LogP contribution < -0.4 is 4.90 Å². The third-order valence-corrected chi connectivity index (χ3v) is 3.17. The standard InChI is InChI=1S/C13H13N5/c1-10-6-16-18(7-10)12-8-17(9-12)13-11(5-14)3-2-4-15-13/h2-4,6-7,12H,8-9H2,1H3. The van der Waals surface area contributed by atoms with E-state index in [4.69, 9.17) is 5.26 Å². The van der Waals surface area contributed by atoms with E-state index in [0.717, 1.165) is 18.9 Å². The van der Waals surface area contributed by atoms with Gasteiger partial charge in [0.2, 0.25) is 0 Å². The SMILES string of the molecule is Cc1cnn(C2CN(c3ncccc3C#N)C2)c1. The molecule has 0 atom stereocenters. The zero-order valence-electron chi connectivity index (χ0n) is 10.1. The average molecular weight is 239 g/mol. The van der Waals surface area contributed by atoms with E-state index < -0.39 is 0 Å². The Morgan fingerprint density at radius 3 is 2.94 bits per heavy atom. The molecule has 0 amide bonds. The number of rotatable bonds is 2. The van der Waals surface area contributed by atoms with Crippen molar-refractivity contribution in [3.05, 3.63) is 41.9 Å². The molecule has 1 aliphatic rings. The summed E-state index contributed by atoms with van der Waals surface area (Å²) >= 11 is 0.